The van der Waals surface area contributed by atoms with Crippen molar-refractivity contribution in [2.24, 2.45) is 5.92 Å². The number of rotatable bonds is 7. The summed E-state index contributed by atoms with van der Waals surface area (Å²) in [7, 11) is 0. The highest BCUT2D eigenvalue weighted by Gasteiger charge is 2.31. The van der Waals surface area contributed by atoms with Gasteiger partial charge in [-0.25, -0.2) is 4.68 Å². The lowest BCUT2D eigenvalue weighted by Crippen LogP contribution is -2.34. The minimum Gasteiger partial charge on any atom is -0.381 e. The van der Waals surface area contributed by atoms with Gasteiger partial charge in [0, 0.05) is 36.9 Å². The molecule has 1 aliphatic carbocycles. The number of aliphatic hydroxyl groups excluding tert-OH is 1. The van der Waals surface area contributed by atoms with Gasteiger partial charge in [0.05, 0.1) is 6.61 Å². The first-order chi connectivity index (χ1) is 12.2. The number of aliphatic hydroxyl groups is 1. The Kier molecular flexibility index (Phi) is 5.67. The second kappa shape index (κ2) is 7.95. The van der Waals surface area contributed by atoms with Crippen LogP contribution in [0.3, 0.4) is 0 Å². The second-order valence-corrected chi connectivity index (χ2v) is 6.10. The summed E-state index contributed by atoms with van der Waals surface area (Å²) in [4.78, 5) is 12.4. The first-order valence-electron chi connectivity index (χ1n) is 8.80. The molecule has 0 bridgehead atoms. The third-order valence-corrected chi connectivity index (χ3v) is 4.40. The summed E-state index contributed by atoms with van der Waals surface area (Å²) in [5.74, 6) is 0.0761. The van der Waals surface area contributed by atoms with E-state index < -0.39 is 6.29 Å². The monoisotopic (exact) mass is 347 g/mol. The molecule has 136 valence electrons. The van der Waals surface area contributed by atoms with Crippen LogP contribution in [0.4, 0.5) is 0 Å². The van der Waals surface area contributed by atoms with Crippen LogP contribution < -0.4 is 5.32 Å². The zero-order chi connectivity index (χ0) is 17.8. The van der Waals surface area contributed by atoms with E-state index in [9.17, 15) is 9.90 Å². The summed E-state index contributed by atoms with van der Waals surface area (Å²) >= 11 is 0. The first kappa shape index (κ1) is 17.8. The molecule has 0 saturated carbocycles. The van der Waals surface area contributed by atoms with Crippen molar-refractivity contribution in [2.75, 3.05) is 26.4 Å². The maximum absolute atomic E-state index is 12.4. The van der Waals surface area contributed by atoms with Crippen molar-refractivity contribution in [3.05, 3.63) is 35.2 Å². The van der Waals surface area contributed by atoms with Gasteiger partial charge >= 0.3 is 0 Å². The van der Waals surface area contributed by atoms with E-state index in [1.54, 1.807) is 4.68 Å². The Labute approximate surface area is 147 Å². The van der Waals surface area contributed by atoms with Crippen LogP contribution in [-0.4, -0.2) is 47.2 Å². The van der Waals surface area contributed by atoms with Crippen molar-refractivity contribution in [1.29, 1.82) is 0 Å². The SMILES string of the molecule is CCOCC1C=CC=C(n2nc(C(O)OCC)c3c2C(=O)NCC3)C1. The number of nitrogens with one attached hydrogen (secondary N) is 1. The van der Waals surface area contributed by atoms with Crippen molar-refractivity contribution in [3.8, 4) is 0 Å². The van der Waals surface area contributed by atoms with Gasteiger partial charge in [-0.1, -0.05) is 12.2 Å². The van der Waals surface area contributed by atoms with Gasteiger partial charge in [0.2, 0.25) is 6.29 Å². The van der Waals surface area contributed by atoms with Crippen LogP contribution >= 0.6 is 0 Å². The molecule has 25 heavy (non-hydrogen) atoms. The van der Waals surface area contributed by atoms with E-state index in [1.165, 1.54) is 0 Å². The van der Waals surface area contributed by atoms with E-state index in [0.29, 0.717) is 44.2 Å². The van der Waals surface area contributed by atoms with E-state index >= 15 is 0 Å². The van der Waals surface area contributed by atoms with Crippen LogP contribution in [0.25, 0.3) is 5.70 Å². The average molecular weight is 347 g/mol. The predicted octanol–water partition coefficient (Wildman–Crippen LogP) is 1.65. The fraction of sp³-hybridized carbons (Fsp3) is 0.556. The average Bonchev–Trinajstić information content (AvgIpc) is 3.02. The molecule has 7 nitrogen and oxygen atoms in total. The van der Waals surface area contributed by atoms with Crippen molar-refractivity contribution in [2.45, 2.75) is 33.0 Å². The molecule has 2 unspecified atom stereocenters. The molecule has 7 heteroatoms. The highest BCUT2D eigenvalue weighted by Crippen LogP contribution is 2.30. The Bertz CT molecular complexity index is 693. The third-order valence-electron chi connectivity index (χ3n) is 4.40. The molecule has 3 rings (SSSR count). The number of amides is 1. The van der Waals surface area contributed by atoms with Gasteiger partial charge < -0.3 is 19.9 Å². The summed E-state index contributed by atoms with van der Waals surface area (Å²) in [6, 6.07) is 0. The van der Waals surface area contributed by atoms with Crippen LogP contribution in [0.15, 0.2) is 18.2 Å². The van der Waals surface area contributed by atoms with Gasteiger partial charge in [0.15, 0.2) is 0 Å². The normalized spacial score (nSPS) is 20.8. The van der Waals surface area contributed by atoms with E-state index in [-0.39, 0.29) is 11.8 Å². The van der Waals surface area contributed by atoms with Crippen molar-refractivity contribution >= 4 is 11.6 Å². The number of fused-ring (bicyclic) bond motifs is 1. The largest absolute Gasteiger partial charge is 0.381 e. The number of ether oxygens (including phenoxy) is 2. The summed E-state index contributed by atoms with van der Waals surface area (Å²) in [5, 5.41) is 17.7. The third kappa shape index (κ3) is 3.68. The van der Waals surface area contributed by atoms with Crippen LogP contribution in [0.1, 0.15) is 48.3 Å². The van der Waals surface area contributed by atoms with Crippen LogP contribution in [0.2, 0.25) is 0 Å². The summed E-state index contributed by atoms with van der Waals surface area (Å²) in [5.41, 5.74) is 2.61. The Balaban J connectivity index is 1.95. The molecule has 1 aromatic heterocycles. The molecule has 2 heterocycles. The lowest BCUT2D eigenvalue weighted by atomic mass is 9.98. The topological polar surface area (TPSA) is 85.6 Å². The molecule has 0 spiro atoms. The maximum atomic E-state index is 12.4. The van der Waals surface area contributed by atoms with Crippen LogP contribution in [0, 0.1) is 5.92 Å². The van der Waals surface area contributed by atoms with Crippen molar-refractivity contribution < 1.29 is 19.4 Å². The predicted molar refractivity (Wildman–Crippen MR) is 92.9 cm³/mol. The molecule has 0 saturated heterocycles. The zero-order valence-corrected chi connectivity index (χ0v) is 14.7. The Hall–Kier alpha value is -1.96. The molecule has 1 aromatic rings. The molecule has 0 aromatic carbocycles. The lowest BCUT2D eigenvalue weighted by Gasteiger charge is -2.21. The van der Waals surface area contributed by atoms with Gasteiger partial charge in [-0.3, -0.25) is 4.79 Å². The molecule has 1 aliphatic heterocycles. The highest BCUT2D eigenvalue weighted by atomic mass is 16.6. The quantitative estimate of drug-likeness (QED) is 0.733. The van der Waals surface area contributed by atoms with Gasteiger partial charge in [-0.05, 0) is 32.8 Å². The molecule has 2 aliphatic rings. The Morgan fingerprint density at radius 1 is 1.44 bits per heavy atom. The number of carbonyl (C=O) groups is 1. The molecular weight excluding hydrogens is 322 g/mol. The van der Waals surface area contributed by atoms with E-state index in [0.717, 1.165) is 17.7 Å². The standard InChI is InChI=1S/C18H25N3O4/c1-3-24-11-12-6-5-7-13(10-12)21-16-14(8-9-19-17(16)22)15(20-21)18(23)25-4-2/h5-7,12,18,23H,3-4,8-11H2,1-2H3,(H,19,22). The summed E-state index contributed by atoms with van der Waals surface area (Å²) in [6.45, 7) is 6.00. The smallest absolute Gasteiger partial charge is 0.270 e. The van der Waals surface area contributed by atoms with Crippen molar-refractivity contribution in [1.82, 2.24) is 15.1 Å². The maximum Gasteiger partial charge on any atom is 0.270 e. The second-order valence-electron chi connectivity index (χ2n) is 6.10. The fourth-order valence-corrected chi connectivity index (χ4v) is 3.24. The number of hydrogen-bond acceptors (Lipinski definition) is 5. The fourth-order valence-electron chi connectivity index (χ4n) is 3.24. The lowest BCUT2D eigenvalue weighted by molar-refractivity contribution is -0.101. The molecule has 0 fully saturated rings. The summed E-state index contributed by atoms with van der Waals surface area (Å²) < 4.78 is 12.5. The molecule has 2 atom stereocenters. The minimum atomic E-state index is -1.12. The Morgan fingerprint density at radius 2 is 2.28 bits per heavy atom. The van der Waals surface area contributed by atoms with E-state index in [4.69, 9.17) is 9.47 Å². The zero-order valence-electron chi connectivity index (χ0n) is 14.7. The molecule has 0 radical (unpaired) electrons. The van der Waals surface area contributed by atoms with Crippen molar-refractivity contribution in [3.63, 3.8) is 0 Å². The van der Waals surface area contributed by atoms with Gasteiger partial charge in [0.25, 0.3) is 5.91 Å². The number of carbonyl (C=O) groups excluding carboxylic acids is 1. The van der Waals surface area contributed by atoms with Gasteiger partial charge in [-0.2, -0.15) is 5.10 Å². The molecule has 1 amide bonds. The van der Waals surface area contributed by atoms with E-state index in [2.05, 4.69) is 16.5 Å². The molecular formula is C18H25N3O4. The minimum absolute atomic E-state index is 0.166. The molecule has 2 N–H and O–H groups in total. The number of hydrogen-bond donors (Lipinski definition) is 2. The van der Waals surface area contributed by atoms with Crippen LogP contribution in [-0.2, 0) is 15.9 Å². The number of allylic oxidation sites excluding steroid dienone is 3. The first-order valence-corrected chi connectivity index (χ1v) is 8.80. The summed E-state index contributed by atoms with van der Waals surface area (Å²) in [6.07, 6.45) is 6.26. The highest BCUT2D eigenvalue weighted by molar-refractivity contribution is 5.96. The van der Waals surface area contributed by atoms with Gasteiger partial charge in [0.1, 0.15) is 11.4 Å². The van der Waals surface area contributed by atoms with Gasteiger partial charge in [-0.15, -0.1) is 0 Å². The number of nitrogens with zero attached hydrogens (tertiary/aromatic N) is 2. The number of aromatic nitrogens is 2. The Morgan fingerprint density at radius 3 is 3.04 bits per heavy atom. The van der Waals surface area contributed by atoms with E-state index in [1.807, 2.05) is 26.0 Å². The van der Waals surface area contributed by atoms with Crippen LogP contribution in [0.5, 0.6) is 0 Å².